The van der Waals surface area contributed by atoms with E-state index in [0.29, 0.717) is 28.9 Å². The molecule has 3 N–H and O–H groups in total. The maximum Gasteiger partial charge on any atom is 0.258 e. The SMILES string of the molecule is CC(C)(C)NS(=O)(=O)c1ccc(-c2nccc(Nc3cc(C4CC4)[nH]n3)n2)cn1. The fourth-order valence-corrected chi connectivity index (χ4v) is 4.18. The number of H-pyrrole nitrogens is 1. The fraction of sp³-hybridized carbons (Fsp3) is 0.368. The summed E-state index contributed by atoms with van der Waals surface area (Å²) in [6.45, 7) is 5.33. The molecule has 29 heavy (non-hydrogen) atoms. The molecular formula is C19H23N7O2S. The lowest BCUT2D eigenvalue weighted by atomic mass is 10.1. The van der Waals surface area contributed by atoms with Crippen LogP contribution in [-0.4, -0.2) is 39.1 Å². The van der Waals surface area contributed by atoms with Gasteiger partial charge in [-0.25, -0.2) is 28.1 Å². The molecule has 10 heteroatoms. The summed E-state index contributed by atoms with van der Waals surface area (Å²) < 4.78 is 27.3. The highest BCUT2D eigenvalue weighted by atomic mass is 32.2. The van der Waals surface area contributed by atoms with Crippen LogP contribution in [0.1, 0.15) is 45.2 Å². The van der Waals surface area contributed by atoms with Gasteiger partial charge in [0.05, 0.1) is 0 Å². The van der Waals surface area contributed by atoms with Gasteiger partial charge < -0.3 is 5.32 Å². The Hall–Kier alpha value is -2.85. The van der Waals surface area contributed by atoms with E-state index in [2.05, 4.69) is 35.2 Å². The normalized spacial score (nSPS) is 14.7. The summed E-state index contributed by atoms with van der Waals surface area (Å²) in [5, 5.41) is 10.4. The Morgan fingerprint density at radius 1 is 1.10 bits per heavy atom. The molecule has 3 aromatic rings. The molecular weight excluding hydrogens is 390 g/mol. The van der Waals surface area contributed by atoms with Crippen molar-refractivity contribution >= 4 is 21.7 Å². The topological polar surface area (TPSA) is 126 Å². The summed E-state index contributed by atoms with van der Waals surface area (Å²) in [6, 6.07) is 6.82. The van der Waals surface area contributed by atoms with Crippen LogP contribution >= 0.6 is 0 Å². The van der Waals surface area contributed by atoms with Gasteiger partial charge in [0, 0.05) is 41.2 Å². The van der Waals surface area contributed by atoms with Crippen molar-refractivity contribution in [1.82, 2.24) is 29.9 Å². The third-order valence-corrected chi connectivity index (χ3v) is 5.91. The van der Waals surface area contributed by atoms with Crippen LogP contribution in [0.3, 0.4) is 0 Å². The minimum atomic E-state index is -3.69. The first-order valence-electron chi connectivity index (χ1n) is 9.35. The van der Waals surface area contributed by atoms with Gasteiger partial charge in [-0.1, -0.05) is 0 Å². The predicted molar refractivity (Wildman–Crippen MR) is 109 cm³/mol. The van der Waals surface area contributed by atoms with Gasteiger partial charge in [0.2, 0.25) is 0 Å². The molecule has 0 atom stereocenters. The number of nitrogens with zero attached hydrogens (tertiary/aromatic N) is 4. The number of nitrogens with one attached hydrogen (secondary N) is 3. The summed E-state index contributed by atoms with van der Waals surface area (Å²) in [7, 11) is -3.69. The molecule has 0 spiro atoms. The smallest absolute Gasteiger partial charge is 0.258 e. The van der Waals surface area contributed by atoms with E-state index in [-0.39, 0.29) is 5.03 Å². The zero-order valence-electron chi connectivity index (χ0n) is 16.5. The number of hydrogen-bond acceptors (Lipinski definition) is 7. The molecule has 1 saturated carbocycles. The number of aromatic nitrogens is 5. The standard InChI is InChI=1S/C19H23N7O2S/c1-19(2,3)26-29(27,28)17-7-6-13(11-21-17)18-20-9-8-15(23-18)22-16-10-14(24-25-16)12-4-5-12/h6-12,26H,4-5H2,1-3H3,(H2,20,22,23,24,25). The molecule has 0 bridgehead atoms. The molecule has 0 unspecified atom stereocenters. The summed E-state index contributed by atoms with van der Waals surface area (Å²) in [4.78, 5) is 12.8. The van der Waals surface area contributed by atoms with Gasteiger partial charge in [-0.3, -0.25) is 5.10 Å². The number of pyridine rings is 1. The summed E-state index contributed by atoms with van der Waals surface area (Å²) >= 11 is 0. The Balaban J connectivity index is 1.51. The second-order valence-corrected chi connectivity index (χ2v) is 9.74. The second-order valence-electron chi connectivity index (χ2n) is 8.11. The van der Waals surface area contributed by atoms with Gasteiger partial charge in [-0.15, -0.1) is 0 Å². The van der Waals surface area contributed by atoms with E-state index in [1.165, 1.54) is 25.1 Å². The number of anilines is 2. The van der Waals surface area contributed by atoms with Crippen LogP contribution in [0.2, 0.25) is 0 Å². The van der Waals surface area contributed by atoms with Crippen molar-refractivity contribution in [3.63, 3.8) is 0 Å². The van der Waals surface area contributed by atoms with E-state index in [1.54, 1.807) is 39.1 Å². The first kappa shape index (κ1) is 19.5. The highest BCUT2D eigenvalue weighted by Gasteiger charge is 2.25. The molecule has 0 radical (unpaired) electrons. The van der Waals surface area contributed by atoms with Gasteiger partial charge in [-0.2, -0.15) is 5.10 Å². The number of rotatable bonds is 6. The molecule has 152 valence electrons. The molecule has 0 aliphatic heterocycles. The Kier molecular flexibility index (Phi) is 4.83. The van der Waals surface area contributed by atoms with E-state index in [4.69, 9.17) is 0 Å². The molecule has 1 aliphatic rings. The minimum absolute atomic E-state index is 0.0467. The minimum Gasteiger partial charge on any atom is -0.323 e. The summed E-state index contributed by atoms with van der Waals surface area (Å²) in [6.07, 6.45) is 5.48. The highest BCUT2D eigenvalue weighted by molar-refractivity contribution is 7.89. The first-order chi connectivity index (χ1) is 13.7. The maximum absolute atomic E-state index is 12.4. The summed E-state index contributed by atoms with van der Waals surface area (Å²) in [5.74, 6) is 2.32. The molecule has 1 fully saturated rings. The lowest BCUT2D eigenvalue weighted by Crippen LogP contribution is -2.40. The van der Waals surface area contributed by atoms with Crippen LogP contribution in [0.5, 0.6) is 0 Å². The fourth-order valence-electron chi connectivity index (χ4n) is 2.83. The molecule has 3 heterocycles. The van der Waals surface area contributed by atoms with Crippen molar-refractivity contribution in [2.75, 3.05) is 5.32 Å². The number of sulfonamides is 1. The van der Waals surface area contributed by atoms with Crippen molar-refractivity contribution < 1.29 is 8.42 Å². The van der Waals surface area contributed by atoms with Crippen LogP contribution in [-0.2, 0) is 10.0 Å². The van der Waals surface area contributed by atoms with Crippen molar-refractivity contribution in [3.05, 3.63) is 42.4 Å². The molecule has 1 aliphatic carbocycles. The van der Waals surface area contributed by atoms with Gasteiger partial charge >= 0.3 is 0 Å². The van der Waals surface area contributed by atoms with E-state index < -0.39 is 15.6 Å². The van der Waals surface area contributed by atoms with E-state index in [9.17, 15) is 8.42 Å². The molecule has 0 saturated heterocycles. The molecule has 0 amide bonds. The Bertz CT molecular complexity index is 1110. The van der Waals surface area contributed by atoms with Crippen molar-refractivity contribution in [2.24, 2.45) is 0 Å². The van der Waals surface area contributed by atoms with Crippen molar-refractivity contribution in [3.8, 4) is 11.4 Å². The molecule has 3 aromatic heterocycles. The third-order valence-electron chi connectivity index (χ3n) is 4.24. The largest absolute Gasteiger partial charge is 0.323 e. The summed E-state index contributed by atoms with van der Waals surface area (Å²) in [5.41, 5.74) is 1.16. The quantitative estimate of drug-likeness (QED) is 0.567. The van der Waals surface area contributed by atoms with E-state index >= 15 is 0 Å². The first-order valence-corrected chi connectivity index (χ1v) is 10.8. The lowest BCUT2D eigenvalue weighted by Gasteiger charge is -2.19. The van der Waals surface area contributed by atoms with Crippen molar-refractivity contribution in [1.29, 1.82) is 0 Å². The average molecular weight is 414 g/mol. The van der Waals surface area contributed by atoms with Crippen LogP contribution in [0, 0.1) is 0 Å². The van der Waals surface area contributed by atoms with Gasteiger partial charge in [0.25, 0.3) is 10.0 Å². The van der Waals surface area contributed by atoms with Gasteiger partial charge in [0.15, 0.2) is 16.7 Å². The second kappa shape index (κ2) is 7.20. The van der Waals surface area contributed by atoms with Crippen LogP contribution in [0.15, 0.2) is 41.7 Å². The van der Waals surface area contributed by atoms with Crippen LogP contribution in [0.25, 0.3) is 11.4 Å². The Labute approximate surface area is 169 Å². The number of aromatic amines is 1. The zero-order valence-corrected chi connectivity index (χ0v) is 17.3. The zero-order chi connectivity index (χ0) is 20.6. The Morgan fingerprint density at radius 3 is 2.55 bits per heavy atom. The van der Waals surface area contributed by atoms with E-state index in [0.717, 1.165) is 5.69 Å². The average Bonchev–Trinajstić information content (AvgIpc) is 3.40. The predicted octanol–water partition coefficient (Wildman–Crippen LogP) is 2.96. The Morgan fingerprint density at radius 2 is 1.90 bits per heavy atom. The molecule has 4 rings (SSSR count). The molecule has 0 aromatic carbocycles. The van der Waals surface area contributed by atoms with Crippen LogP contribution in [0.4, 0.5) is 11.6 Å². The van der Waals surface area contributed by atoms with Crippen molar-refractivity contribution in [2.45, 2.75) is 50.1 Å². The monoisotopic (exact) mass is 413 g/mol. The molecule has 9 nitrogen and oxygen atoms in total. The number of hydrogen-bond donors (Lipinski definition) is 3. The van der Waals surface area contributed by atoms with Crippen LogP contribution < -0.4 is 10.0 Å². The van der Waals surface area contributed by atoms with Gasteiger partial charge in [0.1, 0.15) is 5.82 Å². The lowest BCUT2D eigenvalue weighted by molar-refractivity contribution is 0.489. The third kappa shape index (κ3) is 4.77. The highest BCUT2D eigenvalue weighted by Crippen LogP contribution is 2.39. The van der Waals surface area contributed by atoms with E-state index in [1.807, 2.05) is 6.07 Å². The maximum atomic E-state index is 12.4. The van der Waals surface area contributed by atoms with Gasteiger partial charge in [-0.05, 0) is 51.8 Å².